The third kappa shape index (κ3) is 5.64. The molecule has 0 aliphatic carbocycles. The number of nitrogens with one attached hydrogen (secondary N) is 1. The van der Waals surface area contributed by atoms with Crippen molar-refractivity contribution in [2.24, 2.45) is 5.92 Å². The van der Waals surface area contributed by atoms with Crippen LogP contribution in [0.25, 0.3) is 0 Å². The smallest absolute Gasteiger partial charge is 0.226 e. The van der Waals surface area contributed by atoms with Gasteiger partial charge >= 0.3 is 0 Å². The molecule has 6 nitrogen and oxygen atoms in total. The Balaban J connectivity index is 1.64. The third-order valence-electron chi connectivity index (χ3n) is 5.66. The molecule has 3 heterocycles. The van der Waals surface area contributed by atoms with Crippen LogP contribution in [-0.4, -0.2) is 47.0 Å². The molecule has 0 bridgehead atoms. The van der Waals surface area contributed by atoms with E-state index in [4.69, 9.17) is 16.3 Å². The molecule has 0 radical (unpaired) electrons. The van der Waals surface area contributed by atoms with E-state index < -0.39 is 0 Å². The molecule has 1 amide bonds. The maximum Gasteiger partial charge on any atom is 0.226 e. The highest BCUT2D eigenvalue weighted by Crippen LogP contribution is 2.31. The summed E-state index contributed by atoms with van der Waals surface area (Å²) >= 11 is 6.15. The van der Waals surface area contributed by atoms with E-state index in [0.29, 0.717) is 24.1 Å². The molecule has 1 aromatic carbocycles. The zero-order valence-electron chi connectivity index (χ0n) is 17.9. The number of pyridine rings is 2. The summed E-state index contributed by atoms with van der Waals surface area (Å²) in [4.78, 5) is 24.5. The van der Waals surface area contributed by atoms with Crippen molar-refractivity contribution in [3.63, 3.8) is 0 Å². The van der Waals surface area contributed by atoms with Gasteiger partial charge in [0.2, 0.25) is 11.8 Å². The lowest BCUT2D eigenvalue weighted by molar-refractivity contribution is -0.138. The molecule has 1 N–H and O–H groups in total. The third-order valence-corrected chi connectivity index (χ3v) is 5.91. The van der Waals surface area contributed by atoms with E-state index in [2.05, 4.69) is 15.3 Å². The molecule has 1 fully saturated rings. The molecule has 7 heteroatoms. The molecule has 1 saturated heterocycles. The lowest BCUT2D eigenvalue weighted by Gasteiger charge is -2.35. The van der Waals surface area contributed by atoms with Gasteiger partial charge in [0, 0.05) is 29.4 Å². The molecular weight excluding hydrogens is 424 g/mol. The summed E-state index contributed by atoms with van der Waals surface area (Å²) in [7, 11) is 0. The van der Waals surface area contributed by atoms with E-state index in [9.17, 15) is 4.79 Å². The number of carbonyl (C=O) groups is 1. The van der Waals surface area contributed by atoms with Crippen molar-refractivity contribution in [2.45, 2.75) is 18.9 Å². The normalized spacial score (nSPS) is 15.2. The van der Waals surface area contributed by atoms with Crippen LogP contribution in [0.4, 0.5) is 0 Å². The number of hydrogen-bond donors (Lipinski definition) is 1. The molecule has 32 heavy (non-hydrogen) atoms. The highest BCUT2D eigenvalue weighted by molar-refractivity contribution is 6.30. The molecule has 166 valence electrons. The van der Waals surface area contributed by atoms with Crippen LogP contribution >= 0.6 is 11.6 Å². The van der Waals surface area contributed by atoms with Crippen LogP contribution in [0.3, 0.4) is 0 Å². The summed E-state index contributed by atoms with van der Waals surface area (Å²) in [5, 5.41) is 4.00. The predicted octanol–water partition coefficient (Wildman–Crippen LogP) is 4.13. The maximum absolute atomic E-state index is 13.8. The van der Waals surface area contributed by atoms with Crippen LogP contribution < -0.4 is 10.1 Å². The quantitative estimate of drug-likeness (QED) is 0.559. The summed E-state index contributed by atoms with van der Waals surface area (Å²) in [5.41, 5.74) is 1.78. The van der Waals surface area contributed by atoms with E-state index in [0.717, 1.165) is 37.2 Å². The standard InChI is InChI=1S/C25H27ClN4O2/c26-21-9-7-19(8-10-21)24(22-5-1-3-13-28-22)30(25(31)20-11-15-27-16-12-20)17-18-32-23-6-2-4-14-29-23/h1-10,13-14,20,24,27H,11-12,15-18H2/t24-/m0/s1. The largest absolute Gasteiger partial charge is 0.476 e. The van der Waals surface area contributed by atoms with Gasteiger partial charge in [-0.3, -0.25) is 9.78 Å². The van der Waals surface area contributed by atoms with E-state index >= 15 is 0 Å². The molecule has 1 atom stereocenters. The number of nitrogens with zero attached hydrogens (tertiary/aromatic N) is 3. The van der Waals surface area contributed by atoms with Gasteiger partial charge in [-0.25, -0.2) is 4.98 Å². The Morgan fingerprint density at radius 2 is 1.75 bits per heavy atom. The van der Waals surface area contributed by atoms with Gasteiger partial charge in [-0.05, 0) is 61.8 Å². The Labute approximate surface area is 193 Å². The predicted molar refractivity (Wildman–Crippen MR) is 125 cm³/mol. The first-order chi connectivity index (χ1) is 15.7. The highest BCUT2D eigenvalue weighted by Gasteiger charge is 2.33. The number of benzene rings is 1. The molecule has 1 aliphatic rings. The van der Waals surface area contributed by atoms with Crippen molar-refractivity contribution in [1.29, 1.82) is 0 Å². The minimum absolute atomic E-state index is 0.0235. The molecule has 0 unspecified atom stereocenters. The van der Waals surface area contributed by atoms with E-state index in [-0.39, 0.29) is 17.9 Å². The van der Waals surface area contributed by atoms with Gasteiger partial charge < -0.3 is 15.0 Å². The van der Waals surface area contributed by atoms with E-state index in [1.807, 2.05) is 65.6 Å². The van der Waals surface area contributed by atoms with Crippen molar-refractivity contribution in [3.05, 3.63) is 89.3 Å². The molecule has 3 aromatic rings. The van der Waals surface area contributed by atoms with Gasteiger partial charge in [0.25, 0.3) is 0 Å². The Bertz CT molecular complexity index is 980. The van der Waals surface area contributed by atoms with Crippen LogP contribution in [0.15, 0.2) is 73.1 Å². The fourth-order valence-corrected chi connectivity index (χ4v) is 4.17. The zero-order chi connectivity index (χ0) is 22.2. The molecule has 4 rings (SSSR count). The average molecular weight is 451 g/mol. The number of piperidine rings is 1. The molecule has 0 spiro atoms. The van der Waals surface area contributed by atoms with Crippen LogP contribution in [0.2, 0.25) is 5.02 Å². The van der Waals surface area contributed by atoms with Crippen molar-refractivity contribution < 1.29 is 9.53 Å². The second kappa shape index (κ2) is 11.1. The summed E-state index contributed by atoms with van der Waals surface area (Å²) in [5.74, 6) is 0.647. The van der Waals surface area contributed by atoms with Gasteiger partial charge in [-0.1, -0.05) is 35.9 Å². The van der Waals surface area contributed by atoms with Crippen molar-refractivity contribution in [3.8, 4) is 5.88 Å². The Morgan fingerprint density at radius 3 is 2.41 bits per heavy atom. The van der Waals surface area contributed by atoms with Crippen molar-refractivity contribution >= 4 is 17.5 Å². The number of amides is 1. The van der Waals surface area contributed by atoms with Gasteiger partial charge in [-0.2, -0.15) is 0 Å². The van der Waals surface area contributed by atoms with Crippen molar-refractivity contribution in [1.82, 2.24) is 20.2 Å². The maximum atomic E-state index is 13.8. The number of rotatable bonds is 8. The van der Waals surface area contributed by atoms with Gasteiger partial charge in [-0.15, -0.1) is 0 Å². The lowest BCUT2D eigenvalue weighted by atomic mass is 9.93. The SMILES string of the molecule is O=C(C1CCNCC1)N(CCOc1ccccn1)[C@@H](c1ccc(Cl)cc1)c1ccccn1. The summed E-state index contributed by atoms with van der Waals surface area (Å²) in [6.45, 7) is 2.46. The molecule has 2 aromatic heterocycles. The number of aromatic nitrogens is 2. The topological polar surface area (TPSA) is 67.4 Å². The number of carbonyl (C=O) groups excluding carboxylic acids is 1. The van der Waals surface area contributed by atoms with Crippen LogP contribution in [0.5, 0.6) is 5.88 Å². The van der Waals surface area contributed by atoms with Crippen molar-refractivity contribution in [2.75, 3.05) is 26.2 Å². The van der Waals surface area contributed by atoms with Crippen LogP contribution in [0.1, 0.15) is 30.1 Å². The van der Waals surface area contributed by atoms with E-state index in [1.165, 1.54) is 0 Å². The Hall–Kier alpha value is -2.96. The molecule has 0 saturated carbocycles. The second-order valence-corrected chi connectivity index (χ2v) is 8.22. The first-order valence-corrected chi connectivity index (χ1v) is 11.3. The average Bonchev–Trinajstić information content (AvgIpc) is 2.86. The number of ether oxygens (including phenoxy) is 1. The minimum atomic E-state index is -0.330. The van der Waals surface area contributed by atoms with E-state index in [1.54, 1.807) is 12.4 Å². The van der Waals surface area contributed by atoms with Gasteiger partial charge in [0.05, 0.1) is 18.3 Å². The highest BCUT2D eigenvalue weighted by atomic mass is 35.5. The first kappa shape index (κ1) is 22.2. The monoisotopic (exact) mass is 450 g/mol. The Morgan fingerprint density at radius 1 is 1.03 bits per heavy atom. The summed E-state index contributed by atoms with van der Waals surface area (Å²) < 4.78 is 5.86. The fourth-order valence-electron chi connectivity index (χ4n) is 4.04. The molecular formula is C25H27ClN4O2. The minimum Gasteiger partial charge on any atom is -0.476 e. The summed E-state index contributed by atoms with van der Waals surface area (Å²) in [6.07, 6.45) is 5.10. The van der Waals surface area contributed by atoms with Gasteiger partial charge in [0.15, 0.2) is 0 Å². The summed E-state index contributed by atoms with van der Waals surface area (Å²) in [6, 6.07) is 18.6. The second-order valence-electron chi connectivity index (χ2n) is 7.78. The lowest BCUT2D eigenvalue weighted by Crippen LogP contribution is -2.45. The van der Waals surface area contributed by atoms with Gasteiger partial charge in [0.1, 0.15) is 6.61 Å². The van der Waals surface area contributed by atoms with Crippen LogP contribution in [0, 0.1) is 5.92 Å². The fraction of sp³-hybridized carbons (Fsp3) is 0.320. The first-order valence-electron chi connectivity index (χ1n) is 10.9. The van der Waals surface area contributed by atoms with Crippen LogP contribution in [-0.2, 0) is 4.79 Å². The Kier molecular flexibility index (Phi) is 7.69. The zero-order valence-corrected chi connectivity index (χ0v) is 18.6. The number of hydrogen-bond acceptors (Lipinski definition) is 5. The number of halogens is 1. The molecule has 1 aliphatic heterocycles.